The number of methoxy groups -OCH3 is 1. The Bertz CT molecular complexity index is 1170. The van der Waals surface area contributed by atoms with Crippen molar-refractivity contribution in [3.8, 4) is 5.75 Å². The number of aromatic nitrogens is 2. The van der Waals surface area contributed by atoms with Gasteiger partial charge in [-0.25, -0.2) is 4.98 Å². The molecular formula is C24H23N3O3. The number of rotatable bonds is 7. The second kappa shape index (κ2) is 8.80. The van der Waals surface area contributed by atoms with Gasteiger partial charge in [0.2, 0.25) is 0 Å². The van der Waals surface area contributed by atoms with E-state index < -0.39 is 0 Å². The number of fused-ring (bicyclic) bond motifs is 1. The second-order valence-electron chi connectivity index (χ2n) is 7.02. The van der Waals surface area contributed by atoms with Gasteiger partial charge >= 0.3 is 0 Å². The zero-order valence-corrected chi connectivity index (χ0v) is 17.0. The Hall–Kier alpha value is -3.64. The van der Waals surface area contributed by atoms with Crippen LogP contribution in [0.3, 0.4) is 0 Å². The summed E-state index contributed by atoms with van der Waals surface area (Å²) < 4.78 is 12.9. The van der Waals surface area contributed by atoms with E-state index in [9.17, 15) is 4.79 Å². The van der Waals surface area contributed by atoms with Crippen molar-refractivity contribution in [3.05, 3.63) is 95.6 Å². The fourth-order valence-corrected chi connectivity index (χ4v) is 3.31. The van der Waals surface area contributed by atoms with Gasteiger partial charge in [0.1, 0.15) is 5.75 Å². The van der Waals surface area contributed by atoms with Crippen LogP contribution in [0.1, 0.15) is 27.2 Å². The summed E-state index contributed by atoms with van der Waals surface area (Å²) in [6.07, 6.45) is 3.48. The SMILES string of the molecule is COc1ccc(COCc2cccc(NC(=O)c3ccc4cncn4c3C)c2)cc1. The number of pyridine rings is 1. The van der Waals surface area contributed by atoms with Crippen molar-refractivity contribution in [2.45, 2.75) is 20.1 Å². The number of amides is 1. The predicted molar refractivity (Wildman–Crippen MR) is 116 cm³/mol. The topological polar surface area (TPSA) is 64.9 Å². The van der Waals surface area contributed by atoms with Gasteiger partial charge in [0, 0.05) is 11.4 Å². The van der Waals surface area contributed by atoms with Crippen molar-refractivity contribution in [2.75, 3.05) is 12.4 Å². The highest BCUT2D eigenvalue weighted by Gasteiger charge is 2.12. The van der Waals surface area contributed by atoms with Gasteiger partial charge in [0.25, 0.3) is 5.91 Å². The number of aryl methyl sites for hydroxylation is 1. The third kappa shape index (κ3) is 4.34. The summed E-state index contributed by atoms with van der Waals surface area (Å²) >= 11 is 0. The van der Waals surface area contributed by atoms with E-state index in [1.807, 2.05) is 72.0 Å². The van der Waals surface area contributed by atoms with Crippen molar-refractivity contribution in [1.82, 2.24) is 9.38 Å². The Morgan fingerprint density at radius 3 is 2.63 bits per heavy atom. The van der Waals surface area contributed by atoms with E-state index in [0.29, 0.717) is 18.8 Å². The first kappa shape index (κ1) is 19.7. The van der Waals surface area contributed by atoms with Gasteiger partial charge in [-0.3, -0.25) is 4.79 Å². The minimum atomic E-state index is -0.153. The maximum Gasteiger partial charge on any atom is 0.257 e. The minimum absolute atomic E-state index is 0.153. The molecule has 0 unspecified atom stereocenters. The highest BCUT2D eigenvalue weighted by Crippen LogP contribution is 2.17. The number of nitrogens with zero attached hydrogens (tertiary/aromatic N) is 2. The Morgan fingerprint density at radius 2 is 1.83 bits per heavy atom. The molecule has 0 saturated heterocycles. The van der Waals surface area contributed by atoms with Crippen LogP contribution in [0, 0.1) is 6.92 Å². The van der Waals surface area contributed by atoms with Crippen molar-refractivity contribution < 1.29 is 14.3 Å². The summed E-state index contributed by atoms with van der Waals surface area (Å²) in [6.45, 7) is 2.87. The molecule has 0 bridgehead atoms. The number of nitrogens with one attached hydrogen (secondary N) is 1. The molecule has 0 saturated carbocycles. The average Bonchev–Trinajstić information content (AvgIpc) is 3.24. The molecule has 1 N–H and O–H groups in total. The molecule has 0 aliphatic carbocycles. The first-order valence-electron chi connectivity index (χ1n) is 9.66. The van der Waals surface area contributed by atoms with E-state index in [2.05, 4.69) is 10.3 Å². The van der Waals surface area contributed by atoms with Crippen LogP contribution in [0.5, 0.6) is 5.75 Å². The average molecular weight is 401 g/mol. The Balaban J connectivity index is 1.38. The van der Waals surface area contributed by atoms with E-state index >= 15 is 0 Å². The van der Waals surface area contributed by atoms with Crippen molar-refractivity contribution >= 4 is 17.1 Å². The summed E-state index contributed by atoms with van der Waals surface area (Å²) in [5.74, 6) is 0.670. The van der Waals surface area contributed by atoms with E-state index in [0.717, 1.165) is 33.8 Å². The Labute approximate surface area is 175 Å². The van der Waals surface area contributed by atoms with Gasteiger partial charge in [-0.2, -0.15) is 0 Å². The van der Waals surface area contributed by atoms with Crippen LogP contribution in [0.4, 0.5) is 5.69 Å². The molecule has 2 heterocycles. The largest absolute Gasteiger partial charge is 0.497 e. The number of ether oxygens (including phenoxy) is 2. The smallest absolute Gasteiger partial charge is 0.257 e. The number of imidazole rings is 1. The number of anilines is 1. The summed E-state index contributed by atoms with van der Waals surface area (Å²) in [5.41, 5.74) is 5.22. The molecule has 4 rings (SSSR count). The van der Waals surface area contributed by atoms with Crippen LogP contribution in [-0.2, 0) is 18.0 Å². The van der Waals surface area contributed by atoms with Gasteiger partial charge in [0.05, 0.1) is 43.9 Å². The van der Waals surface area contributed by atoms with Crippen LogP contribution in [-0.4, -0.2) is 22.4 Å². The number of hydrogen-bond acceptors (Lipinski definition) is 4. The zero-order valence-electron chi connectivity index (χ0n) is 17.0. The summed E-state index contributed by atoms with van der Waals surface area (Å²) in [5, 5.41) is 2.97. The van der Waals surface area contributed by atoms with Crippen molar-refractivity contribution in [2.24, 2.45) is 0 Å². The van der Waals surface area contributed by atoms with Crippen LogP contribution < -0.4 is 10.1 Å². The number of benzene rings is 2. The van der Waals surface area contributed by atoms with E-state index in [1.54, 1.807) is 19.6 Å². The lowest BCUT2D eigenvalue weighted by molar-refractivity contribution is 0.102. The highest BCUT2D eigenvalue weighted by molar-refractivity contribution is 6.05. The van der Waals surface area contributed by atoms with Crippen LogP contribution in [0.2, 0.25) is 0 Å². The maximum atomic E-state index is 12.8. The van der Waals surface area contributed by atoms with Crippen LogP contribution in [0.25, 0.3) is 5.52 Å². The lowest BCUT2D eigenvalue weighted by Gasteiger charge is -2.11. The summed E-state index contributed by atoms with van der Waals surface area (Å²) in [6, 6.07) is 19.2. The Morgan fingerprint density at radius 1 is 1.03 bits per heavy atom. The van der Waals surface area contributed by atoms with Gasteiger partial charge in [-0.1, -0.05) is 24.3 Å². The molecule has 2 aromatic heterocycles. The second-order valence-corrected chi connectivity index (χ2v) is 7.02. The fourth-order valence-electron chi connectivity index (χ4n) is 3.31. The number of carbonyl (C=O) groups excluding carboxylic acids is 1. The fraction of sp³-hybridized carbons (Fsp3) is 0.167. The third-order valence-corrected chi connectivity index (χ3v) is 4.97. The number of hydrogen-bond donors (Lipinski definition) is 1. The first-order chi connectivity index (χ1) is 14.6. The van der Waals surface area contributed by atoms with Crippen LogP contribution in [0.15, 0.2) is 73.2 Å². The summed E-state index contributed by atoms with van der Waals surface area (Å²) in [4.78, 5) is 16.9. The van der Waals surface area contributed by atoms with Gasteiger partial charge in [0.15, 0.2) is 0 Å². The van der Waals surface area contributed by atoms with Gasteiger partial charge in [-0.15, -0.1) is 0 Å². The maximum absolute atomic E-state index is 12.8. The van der Waals surface area contributed by atoms with Crippen LogP contribution >= 0.6 is 0 Å². The molecular weight excluding hydrogens is 378 g/mol. The molecule has 30 heavy (non-hydrogen) atoms. The van der Waals surface area contributed by atoms with E-state index in [-0.39, 0.29) is 5.91 Å². The molecule has 0 atom stereocenters. The molecule has 0 fully saturated rings. The van der Waals surface area contributed by atoms with Gasteiger partial charge in [-0.05, 0) is 54.4 Å². The molecule has 2 aromatic carbocycles. The first-order valence-corrected chi connectivity index (χ1v) is 9.66. The van der Waals surface area contributed by atoms with E-state index in [4.69, 9.17) is 9.47 Å². The summed E-state index contributed by atoms with van der Waals surface area (Å²) in [7, 11) is 1.65. The predicted octanol–water partition coefficient (Wildman–Crippen LogP) is 4.62. The molecule has 0 spiro atoms. The molecule has 0 radical (unpaired) electrons. The lowest BCUT2D eigenvalue weighted by Crippen LogP contribution is -2.15. The quantitative estimate of drug-likeness (QED) is 0.491. The standard InChI is InChI=1S/C24H23N3O3/c1-17-23(11-8-21-13-25-16-27(17)21)24(28)26-20-5-3-4-19(12-20)15-30-14-18-6-9-22(29-2)10-7-18/h3-13,16H,14-15H2,1-2H3,(H,26,28). The lowest BCUT2D eigenvalue weighted by atomic mass is 10.1. The van der Waals surface area contributed by atoms with Crippen molar-refractivity contribution in [1.29, 1.82) is 0 Å². The molecule has 152 valence electrons. The normalized spacial score (nSPS) is 10.9. The minimum Gasteiger partial charge on any atom is -0.497 e. The monoisotopic (exact) mass is 401 g/mol. The molecule has 6 heteroatoms. The molecule has 1 amide bonds. The molecule has 0 aliphatic heterocycles. The molecule has 4 aromatic rings. The third-order valence-electron chi connectivity index (χ3n) is 4.97. The highest BCUT2D eigenvalue weighted by atomic mass is 16.5. The van der Waals surface area contributed by atoms with Gasteiger partial charge < -0.3 is 19.2 Å². The number of carbonyl (C=O) groups is 1. The van der Waals surface area contributed by atoms with Crippen molar-refractivity contribution in [3.63, 3.8) is 0 Å². The molecule has 6 nitrogen and oxygen atoms in total. The molecule has 0 aliphatic rings. The Kier molecular flexibility index (Phi) is 5.77. The van der Waals surface area contributed by atoms with E-state index in [1.165, 1.54) is 0 Å². The zero-order chi connectivity index (χ0) is 20.9.